The number of hydrogen-bond donors (Lipinski definition) is 0. The highest BCUT2D eigenvalue weighted by Gasteiger charge is 2.13. The fourth-order valence-corrected chi connectivity index (χ4v) is 1.86. The van der Waals surface area contributed by atoms with Crippen LogP contribution in [0.15, 0.2) is 30.6 Å². The Morgan fingerprint density at radius 1 is 1.16 bits per heavy atom. The van der Waals surface area contributed by atoms with E-state index in [2.05, 4.69) is 43.0 Å². The SMILES string of the molecule is CCn1ncnc1COc1ccc(C(C)(C)C)cc1. The molecule has 0 aliphatic heterocycles. The van der Waals surface area contributed by atoms with E-state index < -0.39 is 0 Å². The monoisotopic (exact) mass is 259 g/mol. The molecule has 0 aliphatic rings. The molecule has 0 saturated heterocycles. The van der Waals surface area contributed by atoms with Crippen molar-refractivity contribution in [2.24, 2.45) is 0 Å². The first-order chi connectivity index (χ1) is 9.00. The molecule has 0 unspecified atom stereocenters. The van der Waals surface area contributed by atoms with Crippen LogP contribution in [0.3, 0.4) is 0 Å². The van der Waals surface area contributed by atoms with Gasteiger partial charge in [0.2, 0.25) is 0 Å². The van der Waals surface area contributed by atoms with Crippen molar-refractivity contribution in [3.63, 3.8) is 0 Å². The number of aromatic nitrogens is 3. The summed E-state index contributed by atoms with van der Waals surface area (Å²) in [5.41, 5.74) is 1.47. The van der Waals surface area contributed by atoms with Crippen LogP contribution < -0.4 is 4.74 Å². The van der Waals surface area contributed by atoms with E-state index in [-0.39, 0.29) is 5.41 Å². The van der Waals surface area contributed by atoms with E-state index in [1.54, 1.807) is 6.33 Å². The van der Waals surface area contributed by atoms with Crippen molar-refractivity contribution in [2.75, 3.05) is 0 Å². The highest BCUT2D eigenvalue weighted by Crippen LogP contribution is 2.24. The summed E-state index contributed by atoms with van der Waals surface area (Å²) in [5.74, 6) is 1.71. The van der Waals surface area contributed by atoms with Crippen molar-refractivity contribution < 1.29 is 4.74 Å². The zero-order chi connectivity index (χ0) is 13.9. The molecular weight excluding hydrogens is 238 g/mol. The van der Waals surface area contributed by atoms with Crippen molar-refractivity contribution in [2.45, 2.75) is 46.3 Å². The van der Waals surface area contributed by atoms with Crippen molar-refractivity contribution >= 4 is 0 Å². The second kappa shape index (κ2) is 5.43. The van der Waals surface area contributed by atoms with Crippen LogP contribution in [-0.2, 0) is 18.6 Å². The summed E-state index contributed by atoms with van der Waals surface area (Å²) in [6.07, 6.45) is 1.56. The molecule has 0 radical (unpaired) electrons. The summed E-state index contributed by atoms with van der Waals surface area (Å²) in [5, 5.41) is 4.12. The van der Waals surface area contributed by atoms with E-state index in [1.807, 2.05) is 23.7 Å². The van der Waals surface area contributed by atoms with Crippen molar-refractivity contribution in [3.8, 4) is 5.75 Å². The maximum atomic E-state index is 5.74. The van der Waals surface area contributed by atoms with E-state index >= 15 is 0 Å². The van der Waals surface area contributed by atoms with Crippen LogP contribution in [0.4, 0.5) is 0 Å². The second-order valence-corrected chi connectivity index (χ2v) is 5.56. The molecule has 1 heterocycles. The molecule has 4 nitrogen and oxygen atoms in total. The lowest BCUT2D eigenvalue weighted by molar-refractivity contribution is 0.287. The molecule has 19 heavy (non-hydrogen) atoms. The van der Waals surface area contributed by atoms with Crippen LogP contribution in [0.2, 0.25) is 0 Å². The Morgan fingerprint density at radius 2 is 1.84 bits per heavy atom. The molecule has 1 aromatic heterocycles. The zero-order valence-electron chi connectivity index (χ0n) is 12.1. The Hall–Kier alpha value is -1.84. The Kier molecular flexibility index (Phi) is 3.88. The minimum absolute atomic E-state index is 0.168. The number of rotatable bonds is 4. The van der Waals surface area contributed by atoms with Gasteiger partial charge >= 0.3 is 0 Å². The lowest BCUT2D eigenvalue weighted by Gasteiger charge is -2.19. The number of benzene rings is 1. The summed E-state index contributed by atoms with van der Waals surface area (Å²) < 4.78 is 7.57. The molecule has 4 heteroatoms. The van der Waals surface area contributed by atoms with E-state index in [4.69, 9.17) is 4.74 Å². The fraction of sp³-hybridized carbons (Fsp3) is 0.467. The third kappa shape index (κ3) is 3.34. The first-order valence-electron chi connectivity index (χ1n) is 6.60. The lowest BCUT2D eigenvalue weighted by Crippen LogP contribution is -2.11. The van der Waals surface area contributed by atoms with Gasteiger partial charge in [0.15, 0.2) is 5.82 Å². The molecule has 1 aromatic carbocycles. The number of aryl methyl sites for hydroxylation is 1. The molecule has 0 saturated carbocycles. The molecule has 0 spiro atoms. The third-order valence-electron chi connectivity index (χ3n) is 3.08. The van der Waals surface area contributed by atoms with E-state index in [0.29, 0.717) is 6.61 Å². The topological polar surface area (TPSA) is 39.9 Å². The molecular formula is C15H21N3O. The van der Waals surface area contributed by atoms with Crippen molar-refractivity contribution in [3.05, 3.63) is 42.0 Å². The van der Waals surface area contributed by atoms with Crippen molar-refractivity contribution in [1.29, 1.82) is 0 Å². The average Bonchev–Trinajstić information content (AvgIpc) is 2.83. The van der Waals surface area contributed by atoms with Gasteiger partial charge < -0.3 is 4.74 Å². The molecule has 0 fully saturated rings. The maximum Gasteiger partial charge on any atom is 0.164 e. The van der Waals surface area contributed by atoms with Gasteiger partial charge in [0.05, 0.1) is 0 Å². The van der Waals surface area contributed by atoms with Crippen molar-refractivity contribution in [1.82, 2.24) is 14.8 Å². The predicted molar refractivity (Wildman–Crippen MR) is 75.2 cm³/mol. The van der Waals surface area contributed by atoms with Gasteiger partial charge in [0, 0.05) is 6.54 Å². The van der Waals surface area contributed by atoms with Gasteiger partial charge in [-0.2, -0.15) is 5.10 Å². The van der Waals surface area contributed by atoms with Gasteiger partial charge in [0.25, 0.3) is 0 Å². The van der Waals surface area contributed by atoms with Crippen LogP contribution >= 0.6 is 0 Å². The fourth-order valence-electron chi connectivity index (χ4n) is 1.86. The lowest BCUT2D eigenvalue weighted by atomic mass is 9.87. The number of nitrogens with zero attached hydrogens (tertiary/aromatic N) is 3. The van der Waals surface area contributed by atoms with Crippen LogP contribution in [0, 0.1) is 0 Å². The van der Waals surface area contributed by atoms with Crippen LogP contribution in [0.5, 0.6) is 5.75 Å². The van der Waals surface area contributed by atoms with Gasteiger partial charge in [-0.25, -0.2) is 9.67 Å². The first-order valence-corrected chi connectivity index (χ1v) is 6.60. The normalized spacial score (nSPS) is 11.6. The summed E-state index contributed by atoms with van der Waals surface area (Å²) >= 11 is 0. The van der Waals surface area contributed by atoms with Gasteiger partial charge in [-0.3, -0.25) is 0 Å². The van der Waals surface area contributed by atoms with Crippen LogP contribution in [0.25, 0.3) is 0 Å². The highest BCUT2D eigenvalue weighted by atomic mass is 16.5. The quantitative estimate of drug-likeness (QED) is 0.846. The molecule has 0 atom stereocenters. The standard InChI is InChI=1S/C15H21N3O/c1-5-18-14(16-11-17-18)10-19-13-8-6-12(7-9-13)15(2,3)4/h6-9,11H,5,10H2,1-4H3. The number of hydrogen-bond acceptors (Lipinski definition) is 3. The predicted octanol–water partition coefficient (Wildman–Crippen LogP) is 3.17. The Balaban J connectivity index is 2.01. The largest absolute Gasteiger partial charge is 0.486 e. The van der Waals surface area contributed by atoms with Gasteiger partial charge in [-0.05, 0) is 30.0 Å². The summed E-state index contributed by atoms with van der Waals surface area (Å²) in [6.45, 7) is 9.90. The Labute approximate surface area is 114 Å². The van der Waals surface area contributed by atoms with Gasteiger partial charge in [-0.1, -0.05) is 32.9 Å². The third-order valence-corrected chi connectivity index (χ3v) is 3.08. The van der Waals surface area contributed by atoms with Gasteiger partial charge in [-0.15, -0.1) is 0 Å². The molecule has 102 valence electrons. The zero-order valence-corrected chi connectivity index (χ0v) is 12.1. The van der Waals surface area contributed by atoms with E-state index in [9.17, 15) is 0 Å². The molecule has 0 bridgehead atoms. The summed E-state index contributed by atoms with van der Waals surface area (Å²) in [6, 6.07) is 8.24. The van der Waals surface area contributed by atoms with Gasteiger partial charge in [0.1, 0.15) is 18.7 Å². The minimum Gasteiger partial charge on any atom is -0.486 e. The summed E-state index contributed by atoms with van der Waals surface area (Å²) in [7, 11) is 0. The second-order valence-electron chi connectivity index (χ2n) is 5.56. The first kappa shape index (κ1) is 13.6. The van der Waals surface area contributed by atoms with Crippen LogP contribution in [-0.4, -0.2) is 14.8 Å². The molecule has 0 amide bonds. The Bertz CT molecular complexity index is 523. The number of ether oxygens (including phenoxy) is 1. The maximum absolute atomic E-state index is 5.74. The van der Waals surface area contributed by atoms with Crippen LogP contribution in [0.1, 0.15) is 39.1 Å². The average molecular weight is 259 g/mol. The Morgan fingerprint density at radius 3 is 2.42 bits per heavy atom. The molecule has 0 N–H and O–H groups in total. The van der Waals surface area contributed by atoms with E-state index in [1.165, 1.54) is 5.56 Å². The molecule has 0 aliphatic carbocycles. The minimum atomic E-state index is 0.168. The summed E-state index contributed by atoms with van der Waals surface area (Å²) in [4.78, 5) is 4.19. The van der Waals surface area contributed by atoms with E-state index in [0.717, 1.165) is 18.1 Å². The highest BCUT2D eigenvalue weighted by molar-refractivity contribution is 5.31. The molecule has 2 rings (SSSR count). The molecule has 2 aromatic rings. The smallest absolute Gasteiger partial charge is 0.164 e.